The molecule has 1 saturated heterocycles. The summed E-state index contributed by atoms with van der Waals surface area (Å²) in [5.74, 6) is 1.13. The van der Waals surface area contributed by atoms with Crippen molar-refractivity contribution in [3.63, 3.8) is 0 Å². The Morgan fingerprint density at radius 1 is 1.26 bits per heavy atom. The van der Waals surface area contributed by atoms with Gasteiger partial charge in [0.15, 0.2) is 5.76 Å². The molecule has 1 aliphatic rings. The van der Waals surface area contributed by atoms with Gasteiger partial charge in [0, 0.05) is 42.5 Å². The minimum absolute atomic E-state index is 0.106. The lowest BCUT2D eigenvalue weighted by atomic mass is 9.89. The molecule has 0 aromatic carbocycles. The first-order chi connectivity index (χ1) is 18.4. The van der Waals surface area contributed by atoms with E-state index in [0.29, 0.717) is 17.9 Å². The molecule has 0 bridgehead atoms. The molecule has 0 radical (unpaired) electrons. The van der Waals surface area contributed by atoms with E-state index in [2.05, 4.69) is 21.1 Å². The van der Waals surface area contributed by atoms with Gasteiger partial charge in [-0.15, -0.1) is 0 Å². The van der Waals surface area contributed by atoms with Crippen molar-refractivity contribution in [2.24, 2.45) is 0 Å². The quantitative estimate of drug-likeness (QED) is 0.295. The van der Waals surface area contributed by atoms with Crippen molar-refractivity contribution in [2.75, 3.05) is 18.8 Å². The Kier molecular flexibility index (Phi) is 5.86. The predicted octanol–water partition coefficient (Wildman–Crippen LogP) is 3.51. The molecule has 5 aromatic rings. The van der Waals surface area contributed by atoms with Crippen LogP contribution in [0.2, 0.25) is 0 Å². The maximum absolute atomic E-state index is 12.7. The Hall–Kier alpha value is -3.92. The van der Waals surface area contributed by atoms with E-state index < -0.39 is 15.6 Å². The number of pyridine rings is 1. The lowest BCUT2D eigenvalue weighted by Gasteiger charge is -2.47. The highest BCUT2D eigenvalue weighted by atomic mass is 32.2. The van der Waals surface area contributed by atoms with Crippen LogP contribution < -0.4 is 0 Å². The van der Waals surface area contributed by atoms with Crippen LogP contribution in [-0.4, -0.2) is 61.0 Å². The largest absolute Gasteiger partial charge is 0.457 e. The number of furan rings is 1. The highest BCUT2D eigenvalue weighted by Crippen LogP contribution is 2.38. The second kappa shape index (κ2) is 9.13. The molecule has 6 heterocycles. The van der Waals surface area contributed by atoms with Gasteiger partial charge in [-0.05, 0) is 30.7 Å². The summed E-state index contributed by atoms with van der Waals surface area (Å²) in [4.78, 5) is 7.67. The number of sulfonamides is 1. The maximum atomic E-state index is 12.7. The summed E-state index contributed by atoms with van der Waals surface area (Å²) in [5, 5.41) is 25.6. The Labute approximate surface area is 219 Å². The third-order valence-corrected chi connectivity index (χ3v) is 9.07. The van der Waals surface area contributed by atoms with E-state index >= 15 is 0 Å². The predicted molar refractivity (Wildman–Crippen MR) is 141 cm³/mol. The second-order valence-corrected chi connectivity index (χ2v) is 11.8. The van der Waals surface area contributed by atoms with E-state index in [4.69, 9.17) is 4.42 Å². The normalized spacial score (nSPS) is 15.7. The van der Waals surface area contributed by atoms with Gasteiger partial charge in [-0.1, -0.05) is 13.3 Å². The first-order valence-electron chi connectivity index (χ1n) is 12.5. The molecule has 6 rings (SSSR count). The van der Waals surface area contributed by atoms with Crippen LogP contribution in [-0.2, 0) is 22.2 Å². The summed E-state index contributed by atoms with van der Waals surface area (Å²) in [7, 11) is -3.37. The standard InChI is InChI=1S/C26H27N7O4S/c1-2-3-10-38(35,36)31-16-26(17-31,7-8-27)32-14-19(13-30-32)33-22(23-5-4-20(15-34)37-23)11-18-12-29-25-21(24(18)33)6-9-28-25/h4-6,9,11-14,34H,2-3,7,10,15-17H2,1H3,(H,28,29). The zero-order valence-electron chi connectivity index (χ0n) is 20.8. The van der Waals surface area contributed by atoms with Crippen LogP contribution in [0, 0.1) is 11.3 Å². The van der Waals surface area contributed by atoms with Gasteiger partial charge in [0.05, 0.1) is 41.3 Å². The van der Waals surface area contributed by atoms with Crippen LogP contribution in [0.15, 0.2) is 53.5 Å². The number of aliphatic hydroxyl groups is 1. The van der Waals surface area contributed by atoms with Gasteiger partial charge in [0.1, 0.15) is 23.6 Å². The number of fused-ring (bicyclic) bond motifs is 3. The zero-order valence-corrected chi connectivity index (χ0v) is 21.6. The van der Waals surface area contributed by atoms with Crippen LogP contribution in [0.1, 0.15) is 31.9 Å². The van der Waals surface area contributed by atoms with E-state index in [1.807, 2.05) is 42.1 Å². The maximum Gasteiger partial charge on any atom is 0.214 e. The average Bonchev–Trinajstić information content (AvgIpc) is 3.68. The fourth-order valence-corrected chi connectivity index (χ4v) is 6.97. The van der Waals surface area contributed by atoms with Crippen molar-refractivity contribution >= 4 is 32.0 Å². The van der Waals surface area contributed by atoms with E-state index in [1.165, 1.54) is 4.31 Å². The minimum atomic E-state index is -3.37. The molecule has 38 heavy (non-hydrogen) atoms. The number of nitrogens with one attached hydrogen (secondary N) is 1. The zero-order chi connectivity index (χ0) is 26.5. The van der Waals surface area contributed by atoms with E-state index in [0.717, 1.165) is 39.7 Å². The van der Waals surface area contributed by atoms with Crippen molar-refractivity contribution < 1.29 is 17.9 Å². The number of nitriles is 1. The second-order valence-electron chi connectivity index (χ2n) is 9.73. The number of aliphatic hydroxyl groups excluding tert-OH is 1. The smallest absolute Gasteiger partial charge is 0.214 e. The van der Waals surface area contributed by atoms with E-state index in [1.54, 1.807) is 23.1 Å². The summed E-state index contributed by atoms with van der Waals surface area (Å²) in [6.45, 7) is 2.16. The van der Waals surface area contributed by atoms with Crippen molar-refractivity contribution in [1.29, 1.82) is 5.26 Å². The van der Waals surface area contributed by atoms with Crippen LogP contribution in [0.3, 0.4) is 0 Å². The van der Waals surface area contributed by atoms with Crippen LogP contribution in [0.4, 0.5) is 0 Å². The van der Waals surface area contributed by atoms with Gasteiger partial charge in [-0.3, -0.25) is 4.68 Å². The molecule has 0 saturated carbocycles. The van der Waals surface area contributed by atoms with Crippen LogP contribution >= 0.6 is 0 Å². The van der Waals surface area contributed by atoms with Gasteiger partial charge >= 0.3 is 0 Å². The van der Waals surface area contributed by atoms with Crippen LogP contribution in [0.25, 0.3) is 39.1 Å². The number of hydrogen-bond acceptors (Lipinski definition) is 7. The molecule has 1 aliphatic heterocycles. The highest BCUT2D eigenvalue weighted by Gasteiger charge is 2.50. The summed E-state index contributed by atoms with van der Waals surface area (Å²) >= 11 is 0. The number of aromatic nitrogens is 5. The van der Waals surface area contributed by atoms with Gasteiger partial charge in [-0.25, -0.2) is 13.4 Å². The minimum Gasteiger partial charge on any atom is -0.457 e. The SMILES string of the molecule is CCCCS(=O)(=O)N1CC(CC#N)(n2cc(-n3c(-c4ccc(CO)o4)cc4cnc5[nH]ccc5c43)cn2)C1. The van der Waals surface area contributed by atoms with E-state index in [-0.39, 0.29) is 31.9 Å². The number of nitrogens with zero attached hydrogens (tertiary/aromatic N) is 6. The Morgan fingerprint density at radius 2 is 2.11 bits per heavy atom. The molecular formula is C26H27N7O4S. The molecule has 2 N–H and O–H groups in total. The molecule has 11 nitrogen and oxygen atoms in total. The summed E-state index contributed by atoms with van der Waals surface area (Å²) in [5.41, 5.74) is 2.38. The van der Waals surface area contributed by atoms with Crippen molar-refractivity contribution in [3.05, 3.63) is 54.8 Å². The molecule has 0 amide bonds. The first-order valence-corrected chi connectivity index (χ1v) is 14.1. The first kappa shape index (κ1) is 24.4. The van der Waals surface area contributed by atoms with Gasteiger partial charge < -0.3 is 19.1 Å². The molecule has 0 atom stereocenters. The van der Waals surface area contributed by atoms with Crippen molar-refractivity contribution in [3.8, 4) is 23.2 Å². The molecule has 0 unspecified atom stereocenters. The van der Waals surface area contributed by atoms with Crippen molar-refractivity contribution in [2.45, 2.75) is 38.3 Å². The Morgan fingerprint density at radius 3 is 2.84 bits per heavy atom. The number of aromatic amines is 1. The topological polar surface area (TPSA) is 146 Å². The molecule has 5 aromatic heterocycles. The van der Waals surface area contributed by atoms with Crippen LogP contribution in [0.5, 0.6) is 0 Å². The lowest BCUT2D eigenvalue weighted by molar-refractivity contribution is 0.0717. The monoisotopic (exact) mass is 533 g/mol. The molecule has 196 valence electrons. The lowest BCUT2D eigenvalue weighted by Crippen LogP contribution is -2.64. The molecule has 0 aliphatic carbocycles. The van der Waals surface area contributed by atoms with Gasteiger partial charge in [0.25, 0.3) is 0 Å². The number of rotatable bonds is 9. The fourth-order valence-electron chi connectivity index (χ4n) is 5.18. The molecule has 12 heteroatoms. The third kappa shape index (κ3) is 3.82. The van der Waals surface area contributed by atoms with Gasteiger partial charge in [0.2, 0.25) is 10.0 Å². The average molecular weight is 534 g/mol. The molecular weight excluding hydrogens is 506 g/mol. The summed E-state index contributed by atoms with van der Waals surface area (Å²) in [6.07, 6.45) is 8.72. The third-order valence-electron chi connectivity index (χ3n) is 7.22. The fraction of sp³-hybridized carbons (Fsp3) is 0.346. The van der Waals surface area contributed by atoms with Gasteiger partial charge in [-0.2, -0.15) is 14.7 Å². The van der Waals surface area contributed by atoms with E-state index in [9.17, 15) is 18.8 Å². The number of H-pyrrole nitrogens is 1. The number of hydrogen-bond donors (Lipinski definition) is 2. The number of unbranched alkanes of at least 4 members (excludes halogenated alkanes) is 1. The Balaban J connectivity index is 1.45. The summed E-state index contributed by atoms with van der Waals surface area (Å²) in [6, 6.07) is 9.70. The Bertz CT molecular complexity index is 1780. The van der Waals surface area contributed by atoms with Crippen molar-refractivity contribution in [1.82, 2.24) is 28.6 Å². The molecule has 1 fully saturated rings. The molecule has 0 spiro atoms. The summed E-state index contributed by atoms with van der Waals surface area (Å²) < 4.78 is 36.6. The highest BCUT2D eigenvalue weighted by molar-refractivity contribution is 7.89.